The highest BCUT2D eigenvalue weighted by Gasteiger charge is 2.24. The number of aromatic nitrogens is 1. The standard InChI is InChI=1S/C16H18N2O6S/c1-23-15(21)11-9-25-14(18-11)13(20)12(19)7-17-16(22)24-8-10-5-3-2-4-6-10/h2-6,9,12-13,19-20H,7-8H2,1H3,(H,17,22). The van der Waals surface area contributed by atoms with Crippen molar-refractivity contribution in [2.75, 3.05) is 13.7 Å². The molecule has 1 aromatic heterocycles. The summed E-state index contributed by atoms with van der Waals surface area (Å²) in [6.45, 7) is -0.137. The molecule has 0 saturated carbocycles. The Kier molecular flexibility index (Phi) is 6.87. The topological polar surface area (TPSA) is 118 Å². The third kappa shape index (κ3) is 5.52. The van der Waals surface area contributed by atoms with Crippen molar-refractivity contribution in [1.82, 2.24) is 10.3 Å². The molecule has 0 spiro atoms. The molecule has 0 saturated heterocycles. The summed E-state index contributed by atoms with van der Waals surface area (Å²) in [7, 11) is 1.22. The van der Waals surface area contributed by atoms with E-state index in [0.29, 0.717) is 0 Å². The lowest BCUT2D eigenvalue weighted by atomic mass is 10.2. The lowest BCUT2D eigenvalue weighted by Gasteiger charge is -2.16. The van der Waals surface area contributed by atoms with Gasteiger partial charge in [-0.2, -0.15) is 0 Å². The molecule has 1 aromatic carbocycles. The van der Waals surface area contributed by atoms with Crippen LogP contribution in [0.25, 0.3) is 0 Å². The number of benzene rings is 1. The Bertz CT molecular complexity index is 706. The number of thiazole rings is 1. The number of aliphatic hydroxyl groups excluding tert-OH is 2. The van der Waals surface area contributed by atoms with Gasteiger partial charge in [0.05, 0.1) is 7.11 Å². The van der Waals surface area contributed by atoms with Crippen LogP contribution in [0.4, 0.5) is 4.79 Å². The minimum atomic E-state index is -1.35. The first-order valence-corrected chi connectivity index (χ1v) is 8.23. The molecule has 1 amide bonds. The second kappa shape index (κ2) is 9.11. The second-order valence-corrected chi connectivity index (χ2v) is 5.91. The second-order valence-electron chi connectivity index (χ2n) is 5.02. The van der Waals surface area contributed by atoms with E-state index in [9.17, 15) is 19.8 Å². The fraction of sp³-hybridized carbons (Fsp3) is 0.312. The lowest BCUT2D eigenvalue weighted by molar-refractivity contribution is 0.0181. The molecule has 9 heteroatoms. The Hall–Kier alpha value is -2.49. The Morgan fingerprint density at radius 2 is 2.00 bits per heavy atom. The van der Waals surface area contributed by atoms with Crippen molar-refractivity contribution in [3.63, 3.8) is 0 Å². The number of rotatable bonds is 7. The Labute approximate surface area is 148 Å². The van der Waals surface area contributed by atoms with Gasteiger partial charge < -0.3 is 25.0 Å². The van der Waals surface area contributed by atoms with Crippen molar-refractivity contribution in [3.8, 4) is 0 Å². The maximum atomic E-state index is 11.6. The van der Waals surface area contributed by atoms with Crippen molar-refractivity contribution in [2.45, 2.75) is 18.8 Å². The number of methoxy groups -OCH3 is 1. The predicted molar refractivity (Wildman–Crippen MR) is 89.0 cm³/mol. The van der Waals surface area contributed by atoms with Gasteiger partial charge in [0.2, 0.25) is 0 Å². The SMILES string of the molecule is COC(=O)c1csc(C(O)C(O)CNC(=O)OCc2ccccc2)n1. The number of hydrogen-bond donors (Lipinski definition) is 3. The first-order valence-electron chi connectivity index (χ1n) is 7.35. The van der Waals surface area contributed by atoms with Gasteiger partial charge in [0.1, 0.15) is 23.8 Å². The summed E-state index contributed by atoms with van der Waals surface area (Å²) in [6, 6.07) is 9.13. The van der Waals surface area contributed by atoms with Gasteiger partial charge in [0.15, 0.2) is 5.69 Å². The average molecular weight is 366 g/mol. The number of aliphatic hydroxyl groups is 2. The summed E-state index contributed by atoms with van der Waals surface area (Å²) in [6.07, 6.45) is -3.37. The van der Waals surface area contributed by atoms with Gasteiger partial charge in [-0.05, 0) is 5.56 Å². The van der Waals surface area contributed by atoms with Crippen molar-refractivity contribution < 1.29 is 29.3 Å². The summed E-state index contributed by atoms with van der Waals surface area (Å²) < 4.78 is 9.52. The van der Waals surface area contributed by atoms with E-state index in [1.54, 1.807) is 0 Å². The van der Waals surface area contributed by atoms with E-state index in [1.807, 2.05) is 30.3 Å². The minimum Gasteiger partial charge on any atom is -0.464 e. The van der Waals surface area contributed by atoms with Crippen LogP contribution in [0.15, 0.2) is 35.7 Å². The van der Waals surface area contributed by atoms with Crippen LogP contribution in [0.3, 0.4) is 0 Å². The maximum absolute atomic E-state index is 11.6. The van der Waals surface area contributed by atoms with E-state index in [1.165, 1.54) is 12.5 Å². The molecule has 8 nitrogen and oxygen atoms in total. The maximum Gasteiger partial charge on any atom is 0.407 e. The summed E-state index contributed by atoms with van der Waals surface area (Å²) >= 11 is 1.01. The lowest BCUT2D eigenvalue weighted by Crippen LogP contribution is -2.35. The molecular formula is C16H18N2O6S. The fourth-order valence-electron chi connectivity index (χ4n) is 1.86. The molecule has 0 aliphatic rings. The highest BCUT2D eigenvalue weighted by molar-refractivity contribution is 7.09. The first-order chi connectivity index (χ1) is 12.0. The van der Waals surface area contributed by atoms with Crippen LogP contribution in [-0.2, 0) is 16.1 Å². The molecule has 25 heavy (non-hydrogen) atoms. The quantitative estimate of drug-likeness (QED) is 0.631. The van der Waals surface area contributed by atoms with Gasteiger partial charge >= 0.3 is 12.1 Å². The molecule has 1 heterocycles. The predicted octanol–water partition coefficient (Wildman–Crippen LogP) is 1.25. The van der Waals surface area contributed by atoms with Crippen LogP contribution in [0.5, 0.6) is 0 Å². The zero-order valence-corrected chi connectivity index (χ0v) is 14.2. The van der Waals surface area contributed by atoms with Gasteiger partial charge in [-0.25, -0.2) is 14.6 Å². The number of hydrogen-bond acceptors (Lipinski definition) is 8. The largest absolute Gasteiger partial charge is 0.464 e. The summed E-state index contributed by atoms with van der Waals surface area (Å²) in [5.41, 5.74) is 0.875. The molecule has 2 aromatic rings. The Balaban J connectivity index is 1.78. The molecule has 0 aliphatic carbocycles. The summed E-state index contributed by atoms with van der Waals surface area (Å²) in [5, 5.41) is 23.9. The van der Waals surface area contributed by atoms with Crippen LogP contribution in [0.1, 0.15) is 27.2 Å². The third-order valence-corrected chi connectivity index (χ3v) is 4.12. The van der Waals surface area contributed by atoms with E-state index in [-0.39, 0.29) is 23.9 Å². The van der Waals surface area contributed by atoms with Crippen molar-refractivity contribution in [1.29, 1.82) is 0 Å². The number of nitrogens with zero attached hydrogens (tertiary/aromatic N) is 1. The van der Waals surface area contributed by atoms with Crippen LogP contribution in [-0.4, -0.2) is 47.0 Å². The highest BCUT2D eigenvalue weighted by Crippen LogP contribution is 2.21. The average Bonchev–Trinajstić information content (AvgIpc) is 3.14. The highest BCUT2D eigenvalue weighted by atomic mass is 32.1. The number of esters is 1. The zero-order valence-electron chi connectivity index (χ0n) is 13.4. The van der Waals surface area contributed by atoms with Gasteiger partial charge in [-0.3, -0.25) is 0 Å². The number of carbonyl (C=O) groups excluding carboxylic acids is 2. The van der Waals surface area contributed by atoms with Gasteiger partial charge in [-0.1, -0.05) is 30.3 Å². The number of ether oxygens (including phenoxy) is 2. The molecular weight excluding hydrogens is 348 g/mol. The smallest absolute Gasteiger partial charge is 0.407 e. The molecule has 3 N–H and O–H groups in total. The summed E-state index contributed by atoms with van der Waals surface area (Å²) in [4.78, 5) is 26.8. The van der Waals surface area contributed by atoms with Crippen molar-refractivity contribution >= 4 is 23.4 Å². The monoisotopic (exact) mass is 366 g/mol. The molecule has 0 aliphatic heterocycles. The van der Waals surface area contributed by atoms with Gasteiger partial charge in [-0.15, -0.1) is 11.3 Å². The molecule has 2 rings (SSSR count). The van der Waals surface area contributed by atoms with Gasteiger partial charge in [0, 0.05) is 11.9 Å². The van der Waals surface area contributed by atoms with E-state index < -0.39 is 24.3 Å². The third-order valence-electron chi connectivity index (χ3n) is 3.20. The Morgan fingerprint density at radius 1 is 1.28 bits per heavy atom. The number of alkyl carbamates (subject to hydrolysis) is 1. The number of carbonyl (C=O) groups is 2. The van der Waals surface area contributed by atoms with E-state index in [4.69, 9.17) is 4.74 Å². The molecule has 0 radical (unpaired) electrons. The molecule has 2 atom stereocenters. The summed E-state index contributed by atoms with van der Waals surface area (Å²) in [5.74, 6) is -0.633. The molecule has 0 fully saturated rings. The molecule has 2 unspecified atom stereocenters. The number of amides is 1. The molecule has 134 valence electrons. The van der Waals surface area contributed by atoms with Crippen LogP contribution < -0.4 is 5.32 Å². The van der Waals surface area contributed by atoms with Gasteiger partial charge in [0.25, 0.3) is 0 Å². The van der Waals surface area contributed by atoms with Crippen LogP contribution in [0.2, 0.25) is 0 Å². The van der Waals surface area contributed by atoms with Crippen molar-refractivity contribution in [3.05, 3.63) is 52.0 Å². The van der Waals surface area contributed by atoms with Crippen LogP contribution in [0, 0.1) is 0 Å². The minimum absolute atomic E-state index is 0.0454. The van der Waals surface area contributed by atoms with E-state index in [0.717, 1.165) is 16.9 Å². The fourth-order valence-corrected chi connectivity index (χ4v) is 2.69. The normalized spacial score (nSPS) is 12.9. The molecule has 0 bridgehead atoms. The van der Waals surface area contributed by atoms with Crippen LogP contribution >= 0.6 is 11.3 Å². The van der Waals surface area contributed by atoms with Crippen molar-refractivity contribution in [2.24, 2.45) is 0 Å². The van der Waals surface area contributed by atoms with E-state index >= 15 is 0 Å². The zero-order chi connectivity index (χ0) is 18.2. The number of nitrogens with one attached hydrogen (secondary N) is 1. The van der Waals surface area contributed by atoms with E-state index in [2.05, 4.69) is 15.0 Å². The Morgan fingerprint density at radius 3 is 2.68 bits per heavy atom. The first kappa shape index (κ1) is 18.8.